The molecule has 0 bridgehead atoms. The number of benzene rings is 1. The molecule has 1 heterocycles. The van der Waals surface area contributed by atoms with Crippen molar-refractivity contribution in [1.29, 1.82) is 0 Å². The second kappa shape index (κ2) is 5.87. The normalized spacial score (nSPS) is 9.33. The molecule has 0 radical (unpaired) electrons. The molecule has 0 amide bonds. The molecule has 0 aliphatic rings. The molecular weight excluding hydrogens is 201 g/mol. The largest absolute Gasteiger partial charge is 1.00 e. The second-order valence-electron chi connectivity index (χ2n) is 2.93. The molecule has 0 saturated carbocycles. The summed E-state index contributed by atoms with van der Waals surface area (Å²) in [6, 6.07) is 11.0. The van der Waals surface area contributed by atoms with Crippen molar-refractivity contribution < 1.29 is 24.0 Å². The fourth-order valence-electron chi connectivity index (χ4n) is 1.21. The summed E-state index contributed by atoms with van der Waals surface area (Å²) in [5, 5.41) is 16.5. The van der Waals surface area contributed by atoms with Gasteiger partial charge in [0.05, 0.1) is 0 Å². The number of hydrogen-bond acceptors (Lipinski definition) is 3. The smallest absolute Gasteiger partial charge is 0.871 e. The zero-order valence-electron chi connectivity index (χ0n) is 8.57. The van der Waals surface area contributed by atoms with Gasteiger partial charge in [-0.2, -0.15) is 0 Å². The van der Waals surface area contributed by atoms with Crippen LogP contribution in [0.4, 0.5) is 5.69 Å². The van der Waals surface area contributed by atoms with E-state index in [1.54, 1.807) is 29.5 Å². The minimum Gasteiger partial charge on any atom is -0.871 e. The molecule has 15 heavy (non-hydrogen) atoms. The maximum Gasteiger partial charge on any atom is 1.00 e. The van der Waals surface area contributed by atoms with E-state index in [9.17, 15) is 5.11 Å². The molecule has 2 rings (SSSR count). The maximum atomic E-state index is 11.3. The number of nitrogens with one attached hydrogen (secondary N) is 1. The van der Waals surface area contributed by atoms with Gasteiger partial charge in [-0.05, 0) is 17.5 Å². The fraction of sp³-hybridized carbons (Fsp3) is 0.0909. The van der Waals surface area contributed by atoms with Crippen LogP contribution >= 0.6 is 11.3 Å². The van der Waals surface area contributed by atoms with Gasteiger partial charge in [-0.1, -0.05) is 30.0 Å². The Balaban J connectivity index is 0.00000112. The van der Waals surface area contributed by atoms with Gasteiger partial charge in [0.2, 0.25) is 0 Å². The Morgan fingerprint density at radius 1 is 1.13 bits per heavy atom. The summed E-state index contributed by atoms with van der Waals surface area (Å²) in [6.07, 6.45) is 0. The van der Waals surface area contributed by atoms with E-state index in [0.717, 1.165) is 6.54 Å². The van der Waals surface area contributed by atoms with E-state index in [2.05, 4.69) is 5.32 Å². The zero-order valence-corrected chi connectivity index (χ0v) is 9.38. The van der Waals surface area contributed by atoms with Gasteiger partial charge in [0.1, 0.15) is 0 Å². The Labute approximate surface area is 105 Å². The average molecular weight is 211 g/mol. The third kappa shape index (κ3) is 3.31. The Kier molecular flexibility index (Phi) is 4.77. The molecule has 2 nitrogen and oxygen atoms in total. The van der Waals surface area contributed by atoms with Crippen LogP contribution in [-0.4, -0.2) is 0 Å². The monoisotopic (exact) mass is 211 g/mol. The van der Waals surface area contributed by atoms with Crippen LogP contribution in [0.1, 0.15) is 4.88 Å². The molecule has 0 atom stereocenters. The summed E-state index contributed by atoms with van der Waals surface area (Å²) < 4.78 is 0. The van der Waals surface area contributed by atoms with Crippen molar-refractivity contribution in [3.05, 3.63) is 46.7 Å². The van der Waals surface area contributed by atoms with Crippen molar-refractivity contribution in [2.45, 2.75) is 6.54 Å². The first-order valence-corrected chi connectivity index (χ1v) is 5.26. The van der Waals surface area contributed by atoms with E-state index in [0.29, 0.717) is 5.69 Å². The number of hydrogen-bond donors (Lipinski definition) is 1. The molecular formula is C11H10LiNOS. The topological polar surface area (TPSA) is 35.1 Å². The predicted octanol–water partition coefficient (Wildman–Crippen LogP) is -0.562. The minimum absolute atomic E-state index is 0. The third-order valence-electron chi connectivity index (χ3n) is 1.92. The predicted molar refractivity (Wildman–Crippen MR) is 57.5 cm³/mol. The van der Waals surface area contributed by atoms with Crippen LogP contribution in [0.5, 0.6) is 5.75 Å². The zero-order chi connectivity index (χ0) is 9.80. The molecule has 0 unspecified atom stereocenters. The summed E-state index contributed by atoms with van der Waals surface area (Å²) in [5.74, 6) is 0.0454. The number of anilines is 1. The first-order chi connectivity index (χ1) is 6.86. The van der Waals surface area contributed by atoms with Gasteiger partial charge in [-0.25, -0.2) is 0 Å². The van der Waals surface area contributed by atoms with Crippen molar-refractivity contribution in [3.8, 4) is 5.75 Å². The number of para-hydroxylation sites is 2. The summed E-state index contributed by atoms with van der Waals surface area (Å²) in [4.78, 5) is 1.23. The molecule has 0 fully saturated rings. The molecule has 0 spiro atoms. The molecule has 2 aromatic rings. The van der Waals surface area contributed by atoms with Crippen LogP contribution in [0.25, 0.3) is 0 Å². The summed E-state index contributed by atoms with van der Waals surface area (Å²) >= 11 is 1.68. The van der Waals surface area contributed by atoms with Crippen molar-refractivity contribution in [1.82, 2.24) is 0 Å². The van der Waals surface area contributed by atoms with Gasteiger partial charge < -0.3 is 10.4 Å². The van der Waals surface area contributed by atoms with Crippen molar-refractivity contribution >= 4 is 17.0 Å². The molecule has 0 aliphatic carbocycles. The standard InChI is InChI=1S/C11H11NOS.Li/c13-11-6-2-1-5-10(11)12-8-9-4-3-7-14-9;/h1-7,12-13H,8H2;/q;+1/p-1. The van der Waals surface area contributed by atoms with Crippen LogP contribution in [-0.2, 0) is 6.54 Å². The van der Waals surface area contributed by atoms with Crippen LogP contribution in [0.15, 0.2) is 41.8 Å². The Hall–Kier alpha value is -0.883. The first kappa shape index (κ1) is 12.2. The van der Waals surface area contributed by atoms with Crippen LogP contribution in [0.2, 0.25) is 0 Å². The first-order valence-electron chi connectivity index (χ1n) is 4.38. The van der Waals surface area contributed by atoms with Crippen molar-refractivity contribution in [2.24, 2.45) is 0 Å². The van der Waals surface area contributed by atoms with E-state index in [-0.39, 0.29) is 24.6 Å². The summed E-state index contributed by atoms with van der Waals surface area (Å²) in [5.41, 5.74) is 0.668. The van der Waals surface area contributed by atoms with Gasteiger partial charge in [0.25, 0.3) is 0 Å². The second-order valence-corrected chi connectivity index (χ2v) is 3.96. The SMILES string of the molecule is [Li+].[O-]c1ccccc1NCc1cccs1. The molecule has 1 N–H and O–H groups in total. The average Bonchev–Trinajstić information content (AvgIpc) is 2.69. The summed E-state index contributed by atoms with van der Waals surface area (Å²) in [6.45, 7) is 0.719. The van der Waals surface area contributed by atoms with Crippen LogP contribution in [0.3, 0.4) is 0 Å². The summed E-state index contributed by atoms with van der Waals surface area (Å²) in [7, 11) is 0. The van der Waals surface area contributed by atoms with Gasteiger partial charge in [-0.3, -0.25) is 0 Å². The Morgan fingerprint density at radius 3 is 2.60 bits per heavy atom. The molecule has 1 aromatic carbocycles. The number of thiophene rings is 1. The van der Waals surface area contributed by atoms with Gasteiger partial charge >= 0.3 is 18.9 Å². The van der Waals surface area contributed by atoms with E-state index >= 15 is 0 Å². The van der Waals surface area contributed by atoms with Crippen molar-refractivity contribution in [2.75, 3.05) is 5.32 Å². The Morgan fingerprint density at radius 2 is 1.93 bits per heavy atom. The van der Waals surface area contributed by atoms with E-state index < -0.39 is 0 Å². The van der Waals surface area contributed by atoms with E-state index in [4.69, 9.17) is 0 Å². The maximum absolute atomic E-state index is 11.3. The van der Waals surface area contributed by atoms with Gasteiger partial charge in [0.15, 0.2) is 0 Å². The fourth-order valence-corrected chi connectivity index (χ4v) is 1.85. The molecule has 0 saturated heterocycles. The Bertz CT molecular complexity index is 403. The van der Waals surface area contributed by atoms with E-state index in [1.165, 1.54) is 4.88 Å². The van der Waals surface area contributed by atoms with Crippen LogP contribution < -0.4 is 29.3 Å². The third-order valence-corrected chi connectivity index (χ3v) is 2.80. The quantitative estimate of drug-likeness (QED) is 0.691. The van der Waals surface area contributed by atoms with Gasteiger partial charge in [-0.15, -0.1) is 11.3 Å². The van der Waals surface area contributed by atoms with E-state index in [1.807, 2.05) is 23.6 Å². The molecule has 1 aromatic heterocycles. The van der Waals surface area contributed by atoms with Crippen molar-refractivity contribution in [3.63, 3.8) is 0 Å². The minimum atomic E-state index is 0. The number of rotatable bonds is 3. The molecule has 0 aliphatic heterocycles. The van der Waals surface area contributed by atoms with Crippen LogP contribution in [0, 0.1) is 0 Å². The molecule has 4 heteroatoms. The molecule has 72 valence electrons. The van der Waals surface area contributed by atoms with Gasteiger partial charge in [0, 0.05) is 17.1 Å².